The van der Waals surface area contributed by atoms with Crippen LogP contribution in [0.4, 0.5) is 16.2 Å². The SMILES string of the molecule is Cc1cc(Oc2c(C)cc(NC(=O)Nc3ccccc3)cc2C)cc(-c2c(C)noc2C)c1. The van der Waals surface area contributed by atoms with Crippen molar-refractivity contribution in [2.75, 3.05) is 10.6 Å². The number of para-hydroxylation sites is 1. The Morgan fingerprint density at radius 1 is 0.848 bits per heavy atom. The van der Waals surface area contributed by atoms with Crippen molar-refractivity contribution in [2.24, 2.45) is 0 Å². The van der Waals surface area contributed by atoms with Gasteiger partial charge in [0.1, 0.15) is 17.3 Å². The van der Waals surface area contributed by atoms with Crippen LogP contribution in [0, 0.1) is 34.6 Å². The number of aromatic nitrogens is 1. The lowest BCUT2D eigenvalue weighted by molar-refractivity contribution is 0.262. The van der Waals surface area contributed by atoms with Gasteiger partial charge in [0.25, 0.3) is 0 Å². The van der Waals surface area contributed by atoms with Crippen LogP contribution in [0.1, 0.15) is 28.1 Å². The summed E-state index contributed by atoms with van der Waals surface area (Å²) >= 11 is 0. The Labute approximate surface area is 193 Å². The zero-order valence-corrected chi connectivity index (χ0v) is 19.4. The maximum absolute atomic E-state index is 12.4. The molecule has 4 rings (SSSR count). The topological polar surface area (TPSA) is 76.4 Å². The fourth-order valence-electron chi connectivity index (χ4n) is 3.96. The van der Waals surface area contributed by atoms with Gasteiger partial charge in [0.15, 0.2) is 0 Å². The van der Waals surface area contributed by atoms with Crippen LogP contribution in [0.25, 0.3) is 11.1 Å². The lowest BCUT2D eigenvalue weighted by Gasteiger charge is -2.16. The van der Waals surface area contributed by atoms with E-state index in [2.05, 4.69) is 21.9 Å². The van der Waals surface area contributed by atoms with Gasteiger partial charge in [-0.3, -0.25) is 0 Å². The normalized spacial score (nSPS) is 10.7. The average molecular weight is 442 g/mol. The van der Waals surface area contributed by atoms with Crippen molar-refractivity contribution in [1.82, 2.24) is 5.16 Å². The molecule has 1 heterocycles. The first-order valence-electron chi connectivity index (χ1n) is 10.8. The number of hydrogen-bond acceptors (Lipinski definition) is 4. The van der Waals surface area contributed by atoms with Gasteiger partial charge in [0.2, 0.25) is 0 Å². The number of urea groups is 1. The first-order valence-corrected chi connectivity index (χ1v) is 10.8. The molecule has 0 spiro atoms. The summed E-state index contributed by atoms with van der Waals surface area (Å²) in [5, 5.41) is 9.78. The van der Waals surface area contributed by atoms with Crippen molar-refractivity contribution in [3.63, 3.8) is 0 Å². The minimum atomic E-state index is -0.295. The van der Waals surface area contributed by atoms with E-state index in [4.69, 9.17) is 9.26 Å². The first-order chi connectivity index (χ1) is 15.8. The van der Waals surface area contributed by atoms with Crippen LogP contribution in [0.2, 0.25) is 0 Å². The van der Waals surface area contributed by atoms with Crippen molar-refractivity contribution in [3.8, 4) is 22.6 Å². The minimum absolute atomic E-state index is 0.295. The standard InChI is InChI=1S/C27H27N3O3/c1-16-11-21(25-19(4)30-33-20(25)5)15-24(12-16)32-26-17(2)13-23(14-18(26)3)29-27(31)28-22-9-7-6-8-10-22/h6-15H,1-5H3,(H2,28,29,31). The van der Waals surface area contributed by atoms with Crippen molar-refractivity contribution in [1.29, 1.82) is 0 Å². The molecule has 168 valence electrons. The van der Waals surface area contributed by atoms with Gasteiger partial charge in [-0.05, 0) is 93.3 Å². The number of nitrogens with zero attached hydrogens (tertiary/aromatic N) is 1. The number of amides is 2. The predicted octanol–water partition coefficient (Wildman–Crippen LogP) is 7.32. The van der Waals surface area contributed by atoms with Gasteiger partial charge in [-0.1, -0.05) is 29.4 Å². The lowest BCUT2D eigenvalue weighted by Crippen LogP contribution is -2.19. The second-order valence-electron chi connectivity index (χ2n) is 8.22. The smallest absolute Gasteiger partial charge is 0.323 e. The molecule has 0 unspecified atom stereocenters. The summed E-state index contributed by atoms with van der Waals surface area (Å²) in [5.41, 5.74) is 7.20. The summed E-state index contributed by atoms with van der Waals surface area (Å²) in [5.74, 6) is 2.28. The van der Waals surface area contributed by atoms with E-state index in [1.54, 1.807) is 0 Å². The summed E-state index contributed by atoms with van der Waals surface area (Å²) < 4.78 is 11.7. The molecule has 0 saturated carbocycles. The number of carbonyl (C=O) groups excluding carboxylic acids is 1. The second kappa shape index (κ2) is 9.20. The number of ether oxygens (including phenoxy) is 1. The molecule has 1 aromatic heterocycles. The van der Waals surface area contributed by atoms with Crippen LogP contribution < -0.4 is 15.4 Å². The van der Waals surface area contributed by atoms with E-state index in [0.717, 1.165) is 56.5 Å². The number of benzene rings is 3. The zero-order valence-electron chi connectivity index (χ0n) is 19.4. The summed E-state index contributed by atoms with van der Waals surface area (Å²) in [7, 11) is 0. The van der Waals surface area contributed by atoms with Crippen LogP contribution in [-0.2, 0) is 0 Å². The van der Waals surface area contributed by atoms with E-state index in [9.17, 15) is 4.79 Å². The van der Waals surface area contributed by atoms with Crippen molar-refractivity contribution < 1.29 is 14.1 Å². The van der Waals surface area contributed by atoms with Crippen LogP contribution in [-0.4, -0.2) is 11.2 Å². The molecule has 0 aliphatic rings. The summed E-state index contributed by atoms with van der Waals surface area (Å²) in [6, 6.07) is 18.9. The molecule has 6 nitrogen and oxygen atoms in total. The van der Waals surface area contributed by atoms with Crippen molar-refractivity contribution in [3.05, 3.63) is 88.8 Å². The summed E-state index contributed by atoms with van der Waals surface area (Å²) in [6.07, 6.45) is 0. The number of carbonyl (C=O) groups is 1. The molecular weight excluding hydrogens is 414 g/mol. The quantitative estimate of drug-likeness (QED) is 0.340. The van der Waals surface area contributed by atoms with Gasteiger partial charge in [0.05, 0.1) is 5.69 Å². The number of nitrogens with one attached hydrogen (secondary N) is 2. The highest BCUT2D eigenvalue weighted by atomic mass is 16.5. The van der Waals surface area contributed by atoms with Gasteiger partial charge in [-0.15, -0.1) is 0 Å². The second-order valence-corrected chi connectivity index (χ2v) is 8.22. The number of aryl methyl sites for hydroxylation is 5. The molecule has 0 aliphatic heterocycles. The highest BCUT2D eigenvalue weighted by Crippen LogP contribution is 2.35. The van der Waals surface area contributed by atoms with Gasteiger partial charge in [-0.2, -0.15) is 0 Å². The van der Waals surface area contributed by atoms with E-state index in [1.807, 2.05) is 89.2 Å². The third-order valence-electron chi connectivity index (χ3n) is 5.34. The van der Waals surface area contributed by atoms with Gasteiger partial charge >= 0.3 is 6.03 Å². The van der Waals surface area contributed by atoms with Gasteiger partial charge in [0, 0.05) is 16.9 Å². The minimum Gasteiger partial charge on any atom is -0.457 e. The molecule has 2 N–H and O–H groups in total. The Hall–Kier alpha value is -4.06. The molecule has 0 saturated heterocycles. The molecule has 2 amide bonds. The van der Waals surface area contributed by atoms with Crippen molar-refractivity contribution >= 4 is 17.4 Å². The van der Waals surface area contributed by atoms with E-state index >= 15 is 0 Å². The van der Waals surface area contributed by atoms with E-state index < -0.39 is 0 Å². The van der Waals surface area contributed by atoms with Crippen LogP contribution in [0.3, 0.4) is 0 Å². The number of anilines is 2. The molecule has 6 heteroatoms. The Morgan fingerprint density at radius 3 is 2.15 bits per heavy atom. The average Bonchev–Trinajstić information content (AvgIpc) is 3.09. The molecule has 3 aromatic carbocycles. The zero-order chi connectivity index (χ0) is 23.5. The molecular formula is C27H27N3O3. The molecule has 4 aromatic rings. The highest BCUT2D eigenvalue weighted by molar-refractivity contribution is 5.99. The Morgan fingerprint density at radius 2 is 1.52 bits per heavy atom. The van der Waals surface area contributed by atoms with Gasteiger partial charge in [-0.25, -0.2) is 4.79 Å². The third-order valence-corrected chi connectivity index (χ3v) is 5.34. The number of rotatable bonds is 5. The van der Waals surface area contributed by atoms with Crippen LogP contribution in [0.5, 0.6) is 11.5 Å². The Kier molecular flexibility index (Phi) is 6.18. The molecule has 0 fully saturated rings. The van der Waals surface area contributed by atoms with Crippen molar-refractivity contribution in [2.45, 2.75) is 34.6 Å². The lowest BCUT2D eigenvalue weighted by atomic mass is 10.0. The highest BCUT2D eigenvalue weighted by Gasteiger charge is 2.15. The van der Waals surface area contributed by atoms with Gasteiger partial charge < -0.3 is 19.9 Å². The summed E-state index contributed by atoms with van der Waals surface area (Å²) in [6.45, 7) is 9.81. The van der Waals surface area contributed by atoms with E-state index in [0.29, 0.717) is 5.69 Å². The summed E-state index contributed by atoms with van der Waals surface area (Å²) in [4.78, 5) is 12.4. The fourth-order valence-corrected chi connectivity index (χ4v) is 3.96. The largest absolute Gasteiger partial charge is 0.457 e. The molecule has 0 atom stereocenters. The van der Waals surface area contributed by atoms with Crippen LogP contribution >= 0.6 is 0 Å². The number of hydrogen-bond donors (Lipinski definition) is 2. The Balaban J connectivity index is 1.55. The van der Waals surface area contributed by atoms with E-state index in [-0.39, 0.29) is 6.03 Å². The third kappa shape index (κ3) is 5.06. The first kappa shape index (κ1) is 22.1. The molecule has 33 heavy (non-hydrogen) atoms. The fraction of sp³-hybridized carbons (Fsp3) is 0.185. The molecule has 0 radical (unpaired) electrons. The Bertz CT molecular complexity index is 1270. The van der Waals surface area contributed by atoms with E-state index in [1.165, 1.54) is 0 Å². The predicted molar refractivity (Wildman–Crippen MR) is 131 cm³/mol. The maximum atomic E-state index is 12.4. The monoisotopic (exact) mass is 441 g/mol. The van der Waals surface area contributed by atoms with Crippen LogP contribution in [0.15, 0.2) is 65.2 Å². The maximum Gasteiger partial charge on any atom is 0.323 e. The molecule has 0 aliphatic carbocycles. The molecule has 0 bridgehead atoms.